The lowest BCUT2D eigenvalue weighted by molar-refractivity contribution is 0.101. The van der Waals surface area contributed by atoms with Crippen LogP contribution in [0.4, 0.5) is 34.5 Å². The zero-order chi connectivity index (χ0) is 69.7. The fourth-order valence-electron chi connectivity index (χ4n) is 9.55. The molecule has 0 saturated carbocycles. The molecule has 0 radical (unpaired) electrons. The molecule has 0 bridgehead atoms. The third-order valence-corrected chi connectivity index (χ3v) is 20.2. The van der Waals surface area contributed by atoms with Gasteiger partial charge in [-0.25, -0.2) is 59.9 Å². The number of carbonyl (C=O) groups excluding carboxylic acids is 3. The van der Waals surface area contributed by atoms with Crippen LogP contribution in [-0.2, 0) is 29.7 Å². The van der Waals surface area contributed by atoms with Gasteiger partial charge in [0.2, 0.25) is 10.0 Å². The molecule has 3 aromatic heterocycles. The number of nitrogen functional groups attached to an aromatic ring is 3. The van der Waals surface area contributed by atoms with Crippen LogP contribution in [0, 0.1) is 0 Å². The third-order valence-electron chi connectivity index (χ3n) is 15.3. The van der Waals surface area contributed by atoms with Crippen LogP contribution in [0.2, 0.25) is 0 Å². The topological polar surface area (TPSA) is 370 Å². The van der Waals surface area contributed by atoms with Crippen molar-refractivity contribution in [3.8, 4) is 33.8 Å². The number of piperazine rings is 1. The van der Waals surface area contributed by atoms with Gasteiger partial charge >= 0.3 is 0 Å². The number of aromatic nitrogens is 6. The standard InChI is InChI=1S/C24H28N6O3S.C23H27N5O3S.C21H24N6O3S/c1-29-11-13-30(14-12-29)15-16-34(32,33)20-9-7-18(8-10-20)21-17-26-23(25)22(28-21)24(31)27-19-5-3-2-4-6-19;1-3-28(4-2)14-15-32(30,31)19-12-10-17(11-13-19)20-16-25-22(24)21(27-20)23(29)26-18-8-6-5-7-9-18;1-27(2)13-12-24-31(29,30)17-10-8-15(9-11-17)18-14-23-20(22)19(26-18)21(28)25-16-6-4-3-5-7-16/h2-10,17H,11-16H2,1H3,(H2,25,26)(H,27,31);5-13,16H,3-4,14-15H2,1-2H3,(H2,24,25)(H,26,29);3-11,14,24H,12-13H2,1-2H3,(H2,22,23)(H,25,28). The number of sulfonamides is 1. The van der Waals surface area contributed by atoms with Gasteiger partial charge in [0.15, 0.2) is 54.2 Å². The number of para-hydroxylation sites is 3. The molecule has 26 nitrogen and oxygen atoms in total. The van der Waals surface area contributed by atoms with E-state index < -0.39 is 47.4 Å². The van der Waals surface area contributed by atoms with E-state index in [1.54, 1.807) is 121 Å². The van der Waals surface area contributed by atoms with Crippen molar-refractivity contribution in [3.63, 3.8) is 0 Å². The number of amides is 3. The summed E-state index contributed by atoms with van der Waals surface area (Å²) in [6.45, 7) is 11.2. The number of sulfone groups is 2. The van der Waals surface area contributed by atoms with Gasteiger partial charge in [0.1, 0.15) is 0 Å². The summed E-state index contributed by atoms with van der Waals surface area (Å²) in [5, 5.41) is 8.20. The smallest absolute Gasteiger partial charge is 0.278 e. The van der Waals surface area contributed by atoms with Crippen molar-refractivity contribution in [2.75, 3.05) is 131 Å². The largest absolute Gasteiger partial charge is 0.382 e. The highest BCUT2D eigenvalue weighted by atomic mass is 32.2. The predicted octanol–water partition coefficient (Wildman–Crippen LogP) is 6.91. The van der Waals surface area contributed by atoms with E-state index in [2.05, 4.69) is 72.3 Å². The summed E-state index contributed by atoms with van der Waals surface area (Å²) in [4.78, 5) is 72.1. The monoisotopic (exact) mass is 1370 g/mol. The Bertz CT molecular complexity index is 4460. The van der Waals surface area contributed by atoms with Crippen LogP contribution in [0.3, 0.4) is 0 Å². The summed E-state index contributed by atoms with van der Waals surface area (Å²) >= 11 is 0. The van der Waals surface area contributed by atoms with Crippen molar-refractivity contribution in [3.05, 3.63) is 199 Å². The fourth-order valence-corrected chi connectivity index (χ4v) is 13.1. The number of benzene rings is 6. The number of nitrogens with two attached hydrogens (primary N) is 3. The van der Waals surface area contributed by atoms with Crippen molar-refractivity contribution in [2.24, 2.45) is 0 Å². The molecular weight excluding hydrogens is 1300 g/mol. The van der Waals surface area contributed by atoms with Crippen LogP contribution >= 0.6 is 0 Å². The van der Waals surface area contributed by atoms with Crippen molar-refractivity contribution in [2.45, 2.75) is 28.5 Å². The predicted molar refractivity (Wildman–Crippen MR) is 378 cm³/mol. The Balaban J connectivity index is 0.000000186. The van der Waals surface area contributed by atoms with Gasteiger partial charge in [0.05, 0.1) is 61.9 Å². The van der Waals surface area contributed by atoms with Crippen LogP contribution in [0.5, 0.6) is 0 Å². The fraction of sp³-hybridized carbons (Fsp3) is 0.250. The maximum absolute atomic E-state index is 12.8. The van der Waals surface area contributed by atoms with Gasteiger partial charge in [-0.15, -0.1) is 0 Å². The van der Waals surface area contributed by atoms with Gasteiger partial charge < -0.3 is 47.9 Å². The maximum atomic E-state index is 12.8. The highest BCUT2D eigenvalue weighted by Gasteiger charge is 2.23. The normalized spacial score (nSPS) is 12.8. The molecule has 10 N–H and O–H groups in total. The van der Waals surface area contributed by atoms with Gasteiger partial charge in [-0.05, 0) is 107 Å². The SMILES string of the molecule is CCN(CC)CCS(=O)(=O)c1ccc(-c2cnc(N)c(C(=O)Nc3ccccc3)n2)cc1.CN(C)CCNS(=O)(=O)c1ccc(-c2cnc(N)c(C(=O)Nc3ccccc3)n2)cc1.CN1CCN(CCS(=O)(=O)c2ccc(-c3cnc(N)c(C(=O)Nc4ccccc4)n3)cc2)CC1. The van der Waals surface area contributed by atoms with Crippen LogP contribution in [0.25, 0.3) is 33.8 Å². The molecule has 0 unspecified atom stereocenters. The number of hydrogen-bond donors (Lipinski definition) is 7. The minimum absolute atomic E-state index is 0.00136. The summed E-state index contributed by atoms with van der Waals surface area (Å²) in [6.07, 6.45) is 4.36. The Morgan fingerprint density at radius 1 is 0.464 bits per heavy atom. The number of anilines is 6. The van der Waals surface area contributed by atoms with Crippen LogP contribution in [0.1, 0.15) is 45.3 Å². The maximum Gasteiger partial charge on any atom is 0.278 e. The molecule has 1 saturated heterocycles. The quantitative estimate of drug-likeness (QED) is 0.0323. The van der Waals surface area contributed by atoms with Crippen molar-refractivity contribution in [1.82, 2.24) is 54.2 Å². The van der Waals surface area contributed by atoms with E-state index in [0.29, 0.717) is 77.0 Å². The van der Waals surface area contributed by atoms with Gasteiger partial charge in [0.25, 0.3) is 17.7 Å². The van der Waals surface area contributed by atoms with E-state index in [4.69, 9.17) is 17.2 Å². The highest BCUT2D eigenvalue weighted by Crippen LogP contribution is 2.26. The molecule has 6 aromatic carbocycles. The first kappa shape index (κ1) is 72.8. The molecule has 10 rings (SSSR count). The number of hydrogen-bond acceptors (Lipinski definition) is 22. The van der Waals surface area contributed by atoms with Gasteiger partial charge in [-0.2, -0.15) is 0 Å². The van der Waals surface area contributed by atoms with E-state index in [-0.39, 0.29) is 60.7 Å². The lowest BCUT2D eigenvalue weighted by Crippen LogP contribution is -2.45. The van der Waals surface area contributed by atoms with E-state index in [9.17, 15) is 39.6 Å². The summed E-state index contributed by atoms with van der Waals surface area (Å²) in [6, 6.07) is 45.9. The summed E-state index contributed by atoms with van der Waals surface area (Å²) in [5.74, 6) is -1.28. The van der Waals surface area contributed by atoms with Gasteiger partial charge in [-0.1, -0.05) is 105 Å². The Morgan fingerprint density at radius 3 is 1.14 bits per heavy atom. The minimum atomic E-state index is -3.61. The average Bonchev–Trinajstić information content (AvgIpc) is 0.898. The Kier molecular flexibility index (Phi) is 25.6. The van der Waals surface area contributed by atoms with E-state index in [1.807, 2.05) is 63.2 Å². The Labute approximate surface area is 565 Å². The molecular formula is C68H79N17O9S3. The molecule has 0 spiro atoms. The molecule has 29 heteroatoms. The molecule has 97 heavy (non-hydrogen) atoms. The zero-order valence-corrected chi connectivity index (χ0v) is 56.9. The molecule has 3 amide bonds. The molecule has 1 aliphatic heterocycles. The molecule has 1 fully saturated rings. The number of nitrogens with one attached hydrogen (secondary N) is 4. The first-order valence-corrected chi connectivity index (χ1v) is 35.7. The zero-order valence-electron chi connectivity index (χ0n) is 54.4. The van der Waals surface area contributed by atoms with Gasteiger partial charge in [0, 0.05) is 86.1 Å². The van der Waals surface area contributed by atoms with Crippen LogP contribution in [0.15, 0.2) is 197 Å². The highest BCUT2D eigenvalue weighted by molar-refractivity contribution is 7.91. The number of likely N-dealkylation sites (N-methyl/N-ethyl adjacent to an activating group) is 2. The molecule has 0 atom stereocenters. The van der Waals surface area contributed by atoms with E-state index in [0.717, 1.165) is 39.3 Å². The first-order valence-electron chi connectivity index (χ1n) is 30.9. The molecule has 9 aromatic rings. The molecule has 508 valence electrons. The van der Waals surface area contributed by atoms with Crippen LogP contribution in [-0.4, -0.2) is 191 Å². The second-order valence-electron chi connectivity index (χ2n) is 22.5. The molecule has 0 aliphatic carbocycles. The molecule has 4 heterocycles. The van der Waals surface area contributed by atoms with E-state index in [1.165, 1.54) is 30.7 Å². The lowest BCUT2D eigenvalue weighted by atomic mass is 10.1. The minimum Gasteiger partial charge on any atom is -0.382 e. The number of rotatable bonds is 24. The van der Waals surface area contributed by atoms with Crippen molar-refractivity contribution < 1.29 is 39.6 Å². The van der Waals surface area contributed by atoms with E-state index >= 15 is 0 Å². The second-order valence-corrected chi connectivity index (χ2v) is 28.5. The second kappa shape index (κ2) is 34.1. The summed E-state index contributed by atoms with van der Waals surface area (Å²) in [7, 11) is -4.62. The first-order chi connectivity index (χ1) is 46.4. The number of nitrogens with zero attached hydrogens (tertiary/aromatic N) is 10. The Morgan fingerprint density at radius 2 is 0.804 bits per heavy atom. The third kappa shape index (κ3) is 21.0. The number of carbonyl (C=O) groups is 3. The summed E-state index contributed by atoms with van der Waals surface area (Å²) < 4.78 is 78.3. The average molecular weight is 1370 g/mol. The van der Waals surface area contributed by atoms with Crippen LogP contribution < -0.4 is 37.9 Å². The lowest BCUT2D eigenvalue weighted by Gasteiger charge is -2.32. The van der Waals surface area contributed by atoms with Gasteiger partial charge in [-0.3, -0.25) is 19.3 Å². The van der Waals surface area contributed by atoms with Crippen molar-refractivity contribution >= 4 is 81.9 Å². The van der Waals surface area contributed by atoms with Crippen molar-refractivity contribution in [1.29, 1.82) is 0 Å². The summed E-state index contributed by atoms with van der Waals surface area (Å²) in [5.41, 5.74) is 22.6. The molecule has 1 aliphatic rings. The Hall–Kier alpha value is -9.98.